The summed E-state index contributed by atoms with van der Waals surface area (Å²) in [5.74, 6) is 0.919. The Hall–Kier alpha value is -1.71. The molecular formula is C18H22ClN2O+. The van der Waals surface area contributed by atoms with Crippen LogP contribution < -0.4 is 14.5 Å². The van der Waals surface area contributed by atoms with Crippen LogP contribution in [0.2, 0.25) is 5.02 Å². The van der Waals surface area contributed by atoms with Crippen molar-refractivity contribution in [1.82, 2.24) is 0 Å². The largest absolute Gasteiger partial charge is 0.497 e. The highest BCUT2D eigenvalue weighted by atomic mass is 35.5. The van der Waals surface area contributed by atoms with Crippen LogP contribution in [0.3, 0.4) is 0 Å². The van der Waals surface area contributed by atoms with Crippen LogP contribution in [-0.2, 0) is 6.54 Å². The molecule has 0 spiro atoms. The highest BCUT2D eigenvalue weighted by Crippen LogP contribution is 2.24. The fraction of sp³-hybridized carbons (Fsp3) is 0.333. The normalized spacial score (nSPS) is 15.8. The predicted octanol–water partition coefficient (Wildman–Crippen LogP) is 2.25. The standard InChI is InChI=1S/C18H21ClN2O/c1-22-16-8-6-15(7-9-16)14-20-10-12-21(13-11-20)18-5-3-2-4-17(18)19/h2-9H,10-14H2,1H3/p+1. The number of methoxy groups -OCH3 is 1. The van der Waals surface area contributed by atoms with Crippen molar-refractivity contribution in [2.75, 3.05) is 38.2 Å². The first-order chi connectivity index (χ1) is 10.8. The van der Waals surface area contributed by atoms with Gasteiger partial charge in [-0.25, -0.2) is 0 Å². The third-order valence-electron chi connectivity index (χ3n) is 4.28. The summed E-state index contributed by atoms with van der Waals surface area (Å²) in [6, 6.07) is 16.5. The van der Waals surface area contributed by atoms with Crippen molar-refractivity contribution in [3.8, 4) is 5.75 Å². The van der Waals surface area contributed by atoms with Crippen molar-refractivity contribution < 1.29 is 9.64 Å². The van der Waals surface area contributed by atoms with Gasteiger partial charge in [-0.15, -0.1) is 0 Å². The topological polar surface area (TPSA) is 16.9 Å². The fourth-order valence-corrected chi connectivity index (χ4v) is 3.24. The molecule has 1 N–H and O–H groups in total. The van der Waals surface area contributed by atoms with E-state index in [0.717, 1.165) is 49.2 Å². The molecule has 0 atom stereocenters. The van der Waals surface area contributed by atoms with Crippen LogP contribution in [0.15, 0.2) is 48.5 Å². The fourth-order valence-electron chi connectivity index (χ4n) is 2.98. The van der Waals surface area contributed by atoms with E-state index in [1.165, 1.54) is 5.56 Å². The molecule has 0 aromatic heterocycles. The maximum Gasteiger partial charge on any atom is 0.118 e. The van der Waals surface area contributed by atoms with Gasteiger partial charge in [-0.2, -0.15) is 0 Å². The number of hydrogen-bond acceptors (Lipinski definition) is 2. The molecule has 3 rings (SSSR count). The summed E-state index contributed by atoms with van der Waals surface area (Å²) < 4.78 is 5.21. The minimum Gasteiger partial charge on any atom is -0.497 e. The smallest absolute Gasteiger partial charge is 0.118 e. The number of nitrogens with one attached hydrogen (secondary N) is 1. The summed E-state index contributed by atoms with van der Waals surface area (Å²) in [6.45, 7) is 5.44. The van der Waals surface area contributed by atoms with Crippen molar-refractivity contribution in [3.05, 3.63) is 59.1 Å². The van der Waals surface area contributed by atoms with E-state index >= 15 is 0 Å². The zero-order chi connectivity index (χ0) is 15.4. The summed E-state index contributed by atoms with van der Waals surface area (Å²) >= 11 is 6.29. The van der Waals surface area contributed by atoms with E-state index in [2.05, 4.69) is 29.2 Å². The first-order valence-electron chi connectivity index (χ1n) is 7.72. The lowest BCUT2D eigenvalue weighted by atomic mass is 10.2. The van der Waals surface area contributed by atoms with Gasteiger partial charge in [0, 0.05) is 5.56 Å². The van der Waals surface area contributed by atoms with Gasteiger partial charge >= 0.3 is 0 Å². The van der Waals surface area contributed by atoms with Crippen molar-refractivity contribution in [3.63, 3.8) is 0 Å². The van der Waals surface area contributed by atoms with Crippen LogP contribution in [-0.4, -0.2) is 33.3 Å². The van der Waals surface area contributed by atoms with Gasteiger partial charge in [0.25, 0.3) is 0 Å². The van der Waals surface area contributed by atoms with Crippen LogP contribution in [0.4, 0.5) is 5.69 Å². The van der Waals surface area contributed by atoms with Crippen LogP contribution in [0.5, 0.6) is 5.75 Å². The second kappa shape index (κ2) is 7.03. The zero-order valence-electron chi connectivity index (χ0n) is 12.9. The summed E-state index contributed by atoms with van der Waals surface area (Å²) in [5, 5.41) is 0.848. The van der Waals surface area contributed by atoms with Crippen molar-refractivity contribution in [1.29, 1.82) is 0 Å². The number of benzene rings is 2. The highest BCUT2D eigenvalue weighted by molar-refractivity contribution is 6.33. The second-order valence-electron chi connectivity index (χ2n) is 5.71. The van der Waals surface area contributed by atoms with E-state index in [9.17, 15) is 0 Å². The van der Waals surface area contributed by atoms with E-state index in [0.29, 0.717) is 0 Å². The van der Waals surface area contributed by atoms with Crippen LogP contribution in [0.25, 0.3) is 0 Å². The lowest BCUT2D eigenvalue weighted by molar-refractivity contribution is -0.914. The number of para-hydroxylation sites is 1. The molecule has 0 bridgehead atoms. The Bertz CT molecular complexity index is 607. The lowest BCUT2D eigenvalue weighted by Crippen LogP contribution is -3.13. The third-order valence-corrected chi connectivity index (χ3v) is 4.60. The Kier molecular flexibility index (Phi) is 4.86. The van der Waals surface area contributed by atoms with E-state index in [1.807, 2.05) is 24.3 Å². The van der Waals surface area contributed by atoms with Gasteiger partial charge in [0.15, 0.2) is 0 Å². The molecule has 1 aliphatic heterocycles. The number of ether oxygens (including phenoxy) is 1. The number of halogens is 1. The molecule has 1 fully saturated rings. The number of rotatable bonds is 4. The van der Waals surface area contributed by atoms with Crippen molar-refractivity contribution in [2.24, 2.45) is 0 Å². The molecule has 1 saturated heterocycles. The predicted molar refractivity (Wildman–Crippen MR) is 91.1 cm³/mol. The molecule has 1 heterocycles. The first kappa shape index (κ1) is 15.2. The Labute approximate surface area is 137 Å². The first-order valence-corrected chi connectivity index (χ1v) is 8.10. The third kappa shape index (κ3) is 3.54. The molecule has 1 aliphatic rings. The summed E-state index contributed by atoms with van der Waals surface area (Å²) in [6.07, 6.45) is 0. The summed E-state index contributed by atoms with van der Waals surface area (Å²) in [7, 11) is 1.70. The minimum atomic E-state index is 0.848. The molecule has 0 unspecified atom stereocenters. The maximum absolute atomic E-state index is 6.29. The van der Waals surface area contributed by atoms with Gasteiger partial charge < -0.3 is 14.5 Å². The molecule has 0 radical (unpaired) electrons. The van der Waals surface area contributed by atoms with Gasteiger partial charge in [0.1, 0.15) is 12.3 Å². The van der Waals surface area contributed by atoms with Gasteiger partial charge in [-0.05, 0) is 36.4 Å². The van der Waals surface area contributed by atoms with Gasteiger partial charge in [-0.1, -0.05) is 23.7 Å². The Morgan fingerprint density at radius 3 is 2.36 bits per heavy atom. The molecular weight excluding hydrogens is 296 g/mol. The average Bonchev–Trinajstić information content (AvgIpc) is 2.57. The van der Waals surface area contributed by atoms with Gasteiger partial charge in [-0.3, -0.25) is 0 Å². The number of anilines is 1. The number of piperazine rings is 1. The molecule has 0 saturated carbocycles. The van der Waals surface area contributed by atoms with Crippen LogP contribution in [0.1, 0.15) is 5.56 Å². The van der Waals surface area contributed by atoms with Crippen molar-refractivity contribution in [2.45, 2.75) is 6.54 Å². The molecule has 22 heavy (non-hydrogen) atoms. The molecule has 0 amide bonds. The van der Waals surface area contributed by atoms with Crippen LogP contribution >= 0.6 is 11.6 Å². The highest BCUT2D eigenvalue weighted by Gasteiger charge is 2.21. The molecule has 3 nitrogen and oxygen atoms in total. The lowest BCUT2D eigenvalue weighted by Gasteiger charge is -2.34. The Balaban J connectivity index is 1.56. The quantitative estimate of drug-likeness (QED) is 0.931. The monoisotopic (exact) mass is 317 g/mol. The summed E-state index contributed by atoms with van der Waals surface area (Å²) in [5.41, 5.74) is 2.52. The van der Waals surface area contributed by atoms with Gasteiger partial charge in [0.05, 0.1) is 44.0 Å². The average molecular weight is 318 g/mol. The van der Waals surface area contributed by atoms with Gasteiger partial charge in [0.2, 0.25) is 0 Å². The number of quaternary nitrogens is 1. The Morgan fingerprint density at radius 1 is 1.05 bits per heavy atom. The second-order valence-corrected chi connectivity index (χ2v) is 6.12. The molecule has 4 heteroatoms. The molecule has 116 valence electrons. The van der Waals surface area contributed by atoms with Crippen molar-refractivity contribution >= 4 is 17.3 Å². The number of nitrogens with zero attached hydrogens (tertiary/aromatic N) is 1. The van der Waals surface area contributed by atoms with E-state index in [1.54, 1.807) is 12.0 Å². The van der Waals surface area contributed by atoms with E-state index in [-0.39, 0.29) is 0 Å². The molecule has 2 aromatic rings. The Morgan fingerprint density at radius 2 is 1.73 bits per heavy atom. The number of hydrogen-bond donors (Lipinski definition) is 1. The minimum absolute atomic E-state index is 0.848. The molecule has 0 aliphatic carbocycles. The maximum atomic E-state index is 6.29. The molecule has 2 aromatic carbocycles. The van der Waals surface area contributed by atoms with E-state index in [4.69, 9.17) is 16.3 Å². The van der Waals surface area contributed by atoms with Crippen LogP contribution in [0, 0.1) is 0 Å². The van der Waals surface area contributed by atoms with E-state index < -0.39 is 0 Å². The zero-order valence-corrected chi connectivity index (χ0v) is 13.6. The summed E-state index contributed by atoms with van der Waals surface area (Å²) in [4.78, 5) is 4.01. The SMILES string of the molecule is COc1ccc(C[NH+]2CCN(c3ccccc3Cl)CC2)cc1.